The molecule has 5 rings (SSSR count). The second-order valence-electron chi connectivity index (χ2n) is 18.7. The van der Waals surface area contributed by atoms with E-state index in [-0.39, 0.29) is 0 Å². The molecule has 4 fully saturated rings. The zero-order chi connectivity index (χ0) is 39.8. The number of hydrogen-bond donors (Lipinski definition) is 1. The predicted octanol–water partition coefficient (Wildman–Crippen LogP) is 20.3. The number of rotatable bonds is 0. The topological polar surface area (TPSA) is 12.0 Å². The Morgan fingerprint density at radius 1 is 0.214 bits per heavy atom. The monoisotopic (exact) mass is 780 g/mol. The van der Waals surface area contributed by atoms with E-state index in [1.807, 2.05) is 37.4 Å². The second-order valence-corrected chi connectivity index (χ2v) is 18.7. The number of nitrogens with one attached hydrogen (secondary N) is 1. The first-order valence-corrected chi connectivity index (χ1v) is 26.7. The van der Waals surface area contributed by atoms with Gasteiger partial charge in [0.2, 0.25) is 0 Å². The molecule has 0 radical (unpaired) electrons. The molecule has 0 bridgehead atoms. The molecule has 1 N–H and O–H groups in total. The van der Waals surface area contributed by atoms with Gasteiger partial charge in [-0.2, -0.15) is 0 Å². The van der Waals surface area contributed by atoms with E-state index in [1.165, 1.54) is 314 Å². The third kappa shape index (κ3) is 45.7. The fourth-order valence-electron chi connectivity index (χ4n) is 9.03. The van der Waals surface area contributed by atoms with Gasteiger partial charge in [0.1, 0.15) is 0 Å². The molecule has 56 heavy (non-hydrogen) atoms. The van der Waals surface area contributed by atoms with Gasteiger partial charge in [-0.25, -0.2) is 0 Å². The van der Waals surface area contributed by atoms with Crippen LogP contribution in [0.25, 0.3) is 0 Å². The average Bonchev–Trinajstić information content (AvgIpc) is 3.44. The molecule has 1 nitrogen and oxygen atoms in total. The van der Waals surface area contributed by atoms with Crippen LogP contribution in [0.1, 0.15) is 315 Å². The first-order chi connectivity index (χ1) is 27.9. The molecule has 1 aliphatic heterocycles. The third-order valence-corrected chi connectivity index (χ3v) is 13.0. The van der Waals surface area contributed by atoms with Crippen LogP contribution in [0.4, 0.5) is 0 Å². The van der Waals surface area contributed by atoms with Crippen LogP contribution in [-0.2, 0) is 0 Å². The van der Waals surface area contributed by atoms with E-state index in [1.54, 1.807) is 0 Å². The largest absolute Gasteiger partial charge is 0.365 e. The minimum Gasteiger partial charge on any atom is -0.365 e. The summed E-state index contributed by atoms with van der Waals surface area (Å²) in [5.41, 5.74) is 1.18. The molecular formula is C55H105N. The standard InChI is InChI=1S/4C12H24.C7H9N/c4*1-2-4-6-8-10-12-11-9-7-5-3-1;1-7-5-3-2-4-6-8-7/h4*1-12H2;2-6,8H,1H3. The summed E-state index contributed by atoms with van der Waals surface area (Å²) >= 11 is 0. The Labute approximate surface area is 355 Å². The number of hydrogen-bond acceptors (Lipinski definition) is 1. The zero-order valence-corrected chi connectivity index (χ0v) is 38.8. The van der Waals surface area contributed by atoms with Gasteiger partial charge in [0.15, 0.2) is 0 Å². The van der Waals surface area contributed by atoms with Gasteiger partial charge in [-0.3, -0.25) is 0 Å². The summed E-state index contributed by atoms with van der Waals surface area (Å²) in [5, 5.41) is 3.06. The van der Waals surface area contributed by atoms with Crippen molar-refractivity contribution in [2.45, 2.75) is 315 Å². The van der Waals surface area contributed by atoms with E-state index in [2.05, 4.69) is 5.32 Å². The van der Waals surface area contributed by atoms with Gasteiger partial charge < -0.3 is 5.32 Å². The SMILES string of the molecule is C1CCCCCCCCCCC1.C1CCCCCCCCCCC1.C1CCCCCCCCCCC1.C1CCCCCCCCCCC1.CC1=CC=CC=CN1. The van der Waals surface area contributed by atoms with Crippen molar-refractivity contribution in [1.82, 2.24) is 5.32 Å². The van der Waals surface area contributed by atoms with Gasteiger partial charge in [-0.15, -0.1) is 0 Å². The van der Waals surface area contributed by atoms with Crippen molar-refractivity contribution >= 4 is 0 Å². The molecule has 4 aliphatic carbocycles. The van der Waals surface area contributed by atoms with Gasteiger partial charge in [0.25, 0.3) is 0 Å². The van der Waals surface area contributed by atoms with Gasteiger partial charge in [-0.1, -0.05) is 320 Å². The summed E-state index contributed by atoms with van der Waals surface area (Å²) in [6, 6.07) is 0. The summed E-state index contributed by atoms with van der Waals surface area (Å²) in [7, 11) is 0. The summed E-state index contributed by atoms with van der Waals surface area (Å²) in [5.74, 6) is 0. The lowest BCUT2D eigenvalue weighted by atomic mass is 10.0. The fraction of sp³-hybridized carbons (Fsp3) is 0.891. The van der Waals surface area contributed by atoms with Crippen LogP contribution in [0.2, 0.25) is 0 Å². The molecule has 0 aromatic carbocycles. The molecule has 0 saturated heterocycles. The first-order valence-electron chi connectivity index (χ1n) is 26.7. The van der Waals surface area contributed by atoms with Crippen molar-refractivity contribution in [1.29, 1.82) is 0 Å². The highest BCUT2D eigenvalue weighted by Gasteiger charge is 1.99. The lowest BCUT2D eigenvalue weighted by Crippen LogP contribution is -1.98. The van der Waals surface area contributed by atoms with E-state index in [4.69, 9.17) is 0 Å². The molecule has 0 spiro atoms. The van der Waals surface area contributed by atoms with Crippen LogP contribution < -0.4 is 5.32 Å². The smallest absolute Gasteiger partial charge is 0.0115 e. The minimum absolute atomic E-state index is 1.18. The van der Waals surface area contributed by atoms with Gasteiger partial charge >= 0.3 is 0 Å². The molecular weight excluding hydrogens is 675 g/mol. The number of allylic oxidation sites excluding steroid dienone is 5. The van der Waals surface area contributed by atoms with E-state index in [0.717, 1.165) is 0 Å². The molecule has 0 aromatic heterocycles. The first kappa shape index (κ1) is 53.0. The Morgan fingerprint density at radius 3 is 0.500 bits per heavy atom. The molecule has 5 aliphatic rings. The molecule has 330 valence electrons. The fourth-order valence-corrected chi connectivity index (χ4v) is 9.03. The Balaban J connectivity index is 0.000000352. The van der Waals surface area contributed by atoms with E-state index in [0.29, 0.717) is 0 Å². The van der Waals surface area contributed by atoms with Crippen LogP contribution in [0.15, 0.2) is 36.2 Å². The van der Waals surface area contributed by atoms with Gasteiger partial charge in [0.05, 0.1) is 0 Å². The van der Waals surface area contributed by atoms with Crippen molar-refractivity contribution in [3.05, 3.63) is 36.2 Å². The Morgan fingerprint density at radius 2 is 0.357 bits per heavy atom. The van der Waals surface area contributed by atoms with Crippen molar-refractivity contribution in [2.24, 2.45) is 0 Å². The van der Waals surface area contributed by atoms with Gasteiger partial charge in [0, 0.05) is 11.9 Å². The normalized spacial score (nSPS) is 23.0. The quantitative estimate of drug-likeness (QED) is 0.258. The lowest BCUT2D eigenvalue weighted by molar-refractivity contribution is 0.504. The highest BCUT2D eigenvalue weighted by molar-refractivity contribution is 5.19. The van der Waals surface area contributed by atoms with Crippen molar-refractivity contribution in [3.63, 3.8) is 0 Å². The van der Waals surface area contributed by atoms with Crippen LogP contribution in [0.3, 0.4) is 0 Å². The zero-order valence-electron chi connectivity index (χ0n) is 38.8. The molecule has 0 amide bonds. The molecule has 1 heteroatoms. The summed E-state index contributed by atoms with van der Waals surface area (Å²) in [4.78, 5) is 0. The maximum Gasteiger partial charge on any atom is 0.0115 e. The van der Waals surface area contributed by atoms with E-state index in [9.17, 15) is 0 Å². The van der Waals surface area contributed by atoms with Crippen LogP contribution >= 0.6 is 0 Å². The molecule has 0 atom stereocenters. The lowest BCUT2D eigenvalue weighted by Gasteiger charge is -2.05. The summed E-state index contributed by atoms with van der Waals surface area (Å²) < 4.78 is 0. The van der Waals surface area contributed by atoms with Crippen molar-refractivity contribution in [2.75, 3.05) is 0 Å². The van der Waals surface area contributed by atoms with Crippen molar-refractivity contribution < 1.29 is 0 Å². The van der Waals surface area contributed by atoms with Gasteiger partial charge in [-0.05, 0) is 19.1 Å². The highest BCUT2D eigenvalue weighted by atomic mass is 14.8. The minimum atomic E-state index is 1.18. The Kier molecular flexibility index (Phi) is 45.8. The van der Waals surface area contributed by atoms with E-state index >= 15 is 0 Å². The molecule has 4 saturated carbocycles. The predicted molar refractivity (Wildman–Crippen MR) is 257 cm³/mol. The summed E-state index contributed by atoms with van der Waals surface area (Å²) in [6.45, 7) is 2.03. The van der Waals surface area contributed by atoms with Crippen LogP contribution in [-0.4, -0.2) is 0 Å². The molecule has 1 heterocycles. The second kappa shape index (κ2) is 48.4. The summed E-state index contributed by atoms with van der Waals surface area (Å²) in [6.07, 6.45) is 81.9. The molecule has 0 aromatic rings. The van der Waals surface area contributed by atoms with Crippen molar-refractivity contribution in [3.8, 4) is 0 Å². The van der Waals surface area contributed by atoms with E-state index < -0.39 is 0 Å². The highest BCUT2D eigenvalue weighted by Crippen LogP contribution is 2.19. The Hall–Kier alpha value is -0.980. The third-order valence-electron chi connectivity index (χ3n) is 13.0. The Bertz CT molecular complexity index is 538. The molecule has 0 unspecified atom stereocenters. The average molecular weight is 780 g/mol. The maximum absolute atomic E-state index is 3.06. The van der Waals surface area contributed by atoms with Crippen LogP contribution in [0, 0.1) is 0 Å². The van der Waals surface area contributed by atoms with Crippen LogP contribution in [0.5, 0.6) is 0 Å². The maximum atomic E-state index is 3.06.